The molecule has 0 amide bonds. The third-order valence-corrected chi connectivity index (χ3v) is 8.15. The SMILES string of the molecule is Cc1cc(CN2CCOCC2)ccc1COc1ccc(Cl)cc1-c1csc(N2CCC(C=O)CC2)n1. The van der Waals surface area contributed by atoms with Gasteiger partial charge in [-0.3, -0.25) is 4.90 Å². The van der Waals surface area contributed by atoms with Crippen LogP contribution in [0.5, 0.6) is 5.75 Å². The van der Waals surface area contributed by atoms with E-state index in [1.807, 2.05) is 18.2 Å². The largest absolute Gasteiger partial charge is 0.488 e. The van der Waals surface area contributed by atoms with Crippen LogP contribution in [0.25, 0.3) is 11.3 Å². The highest BCUT2D eigenvalue weighted by Gasteiger charge is 2.22. The number of morpholine rings is 1. The second-order valence-electron chi connectivity index (χ2n) is 9.55. The number of hydrogen-bond acceptors (Lipinski definition) is 7. The topological polar surface area (TPSA) is 54.9 Å². The van der Waals surface area contributed by atoms with Crippen LogP contribution in [0, 0.1) is 12.8 Å². The molecule has 36 heavy (non-hydrogen) atoms. The number of halogens is 1. The van der Waals surface area contributed by atoms with Crippen molar-refractivity contribution in [2.24, 2.45) is 5.92 Å². The molecule has 2 fully saturated rings. The smallest absolute Gasteiger partial charge is 0.185 e. The summed E-state index contributed by atoms with van der Waals surface area (Å²) in [6.07, 6.45) is 2.85. The van der Waals surface area contributed by atoms with Crippen LogP contribution in [0.4, 0.5) is 5.13 Å². The van der Waals surface area contributed by atoms with Gasteiger partial charge >= 0.3 is 0 Å². The molecule has 2 aliphatic heterocycles. The summed E-state index contributed by atoms with van der Waals surface area (Å²) in [7, 11) is 0. The first-order valence-corrected chi connectivity index (χ1v) is 13.8. The van der Waals surface area contributed by atoms with Gasteiger partial charge in [0.1, 0.15) is 18.6 Å². The molecule has 0 saturated carbocycles. The molecule has 0 radical (unpaired) electrons. The Morgan fingerprint density at radius 1 is 1.14 bits per heavy atom. The van der Waals surface area contributed by atoms with E-state index in [9.17, 15) is 4.79 Å². The number of anilines is 1. The minimum Gasteiger partial charge on any atom is -0.488 e. The average Bonchev–Trinajstić information content (AvgIpc) is 3.40. The van der Waals surface area contributed by atoms with Crippen molar-refractivity contribution >= 4 is 34.4 Å². The molecular formula is C28H32ClN3O3S. The Kier molecular flexibility index (Phi) is 8.22. The molecule has 2 saturated heterocycles. The van der Waals surface area contributed by atoms with Gasteiger partial charge in [-0.1, -0.05) is 29.8 Å². The van der Waals surface area contributed by atoms with Crippen molar-refractivity contribution in [3.05, 3.63) is 63.5 Å². The molecule has 0 unspecified atom stereocenters. The maximum Gasteiger partial charge on any atom is 0.185 e. The quantitative estimate of drug-likeness (QED) is 0.357. The number of carbonyl (C=O) groups is 1. The van der Waals surface area contributed by atoms with Crippen LogP contribution >= 0.6 is 22.9 Å². The van der Waals surface area contributed by atoms with Crippen LogP contribution in [-0.2, 0) is 22.7 Å². The summed E-state index contributed by atoms with van der Waals surface area (Å²) in [5, 5.41) is 3.69. The predicted molar refractivity (Wildman–Crippen MR) is 145 cm³/mol. The normalized spacial score (nSPS) is 17.3. The summed E-state index contributed by atoms with van der Waals surface area (Å²) >= 11 is 7.98. The Balaban J connectivity index is 1.27. The summed E-state index contributed by atoms with van der Waals surface area (Å²) in [6, 6.07) is 12.3. The summed E-state index contributed by atoms with van der Waals surface area (Å²) in [4.78, 5) is 20.7. The second kappa shape index (κ2) is 11.7. The minimum absolute atomic E-state index is 0.172. The van der Waals surface area contributed by atoms with E-state index in [4.69, 9.17) is 26.1 Å². The van der Waals surface area contributed by atoms with Crippen molar-refractivity contribution in [3.8, 4) is 17.0 Å². The average molecular weight is 526 g/mol. The fourth-order valence-corrected chi connectivity index (χ4v) is 5.83. The van der Waals surface area contributed by atoms with Crippen molar-refractivity contribution in [3.63, 3.8) is 0 Å². The molecule has 190 valence electrons. The first kappa shape index (κ1) is 25.2. The number of ether oxygens (including phenoxy) is 2. The van der Waals surface area contributed by atoms with Gasteiger partial charge in [0.05, 0.1) is 18.9 Å². The molecule has 0 aliphatic carbocycles. The molecule has 5 rings (SSSR count). The van der Waals surface area contributed by atoms with Crippen LogP contribution in [-0.4, -0.2) is 55.6 Å². The highest BCUT2D eigenvalue weighted by molar-refractivity contribution is 7.14. The Morgan fingerprint density at radius 3 is 2.69 bits per heavy atom. The van der Waals surface area contributed by atoms with E-state index >= 15 is 0 Å². The van der Waals surface area contributed by atoms with Crippen LogP contribution in [0.3, 0.4) is 0 Å². The Labute approximate surface area is 221 Å². The van der Waals surface area contributed by atoms with Gasteiger partial charge in [-0.2, -0.15) is 0 Å². The number of nitrogens with zero attached hydrogens (tertiary/aromatic N) is 3. The summed E-state index contributed by atoms with van der Waals surface area (Å²) < 4.78 is 11.8. The van der Waals surface area contributed by atoms with Crippen LogP contribution < -0.4 is 9.64 Å². The maximum atomic E-state index is 11.1. The first-order chi connectivity index (χ1) is 17.6. The van der Waals surface area contributed by atoms with Crippen molar-refractivity contribution in [1.82, 2.24) is 9.88 Å². The first-order valence-electron chi connectivity index (χ1n) is 12.6. The van der Waals surface area contributed by atoms with Crippen LogP contribution in [0.1, 0.15) is 29.5 Å². The monoisotopic (exact) mass is 525 g/mol. The number of aldehydes is 1. The van der Waals surface area contributed by atoms with Gasteiger partial charge in [0.2, 0.25) is 0 Å². The lowest BCUT2D eigenvalue weighted by atomic mass is 9.99. The number of carbonyl (C=O) groups excluding carboxylic acids is 1. The molecule has 3 aromatic rings. The molecule has 0 bridgehead atoms. The van der Waals surface area contributed by atoms with E-state index in [2.05, 4.69) is 40.3 Å². The lowest BCUT2D eigenvalue weighted by molar-refractivity contribution is -0.111. The van der Waals surface area contributed by atoms with E-state index in [1.165, 1.54) is 16.7 Å². The van der Waals surface area contributed by atoms with Gasteiger partial charge in [0.15, 0.2) is 5.13 Å². The van der Waals surface area contributed by atoms with Crippen molar-refractivity contribution in [2.75, 3.05) is 44.3 Å². The van der Waals surface area contributed by atoms with E-state index in [1.54, 1.807) is 11.3 Å². The molecular weight excluding hydrogens is 494 g/mol. The van der Waals surface area contributed by atoms with Gasteiger partial charge < -0.3 is 19.2 Å². The molecule has 2 aromatic carbocycles. The molecule has 0 spiro atoms. The third kappa shape index (κ3) is 6.09. The van der Waals surface area contributed by atoms with Gasteiger partial charge in [-0.15, -0.1) is 11.3 Å². The number of aromatic nitrogens is 1. The van der Waals surface area contributed by atoms with Crippen molar-refractivity contribution in [2.45, 2.75) is 32.9 Å². The second-order valence-corrected chi connectivity index (χ2v) is 10.8. The number of hydrogen-bond donors (Lipinski definition) is 0. The van der Waals surface area contributed by atoms with Crippen LogP contribution in [0.2, 0.25) is 5.02 Å². The summed E-state index contributed by atoms with van der Waals surface area (Å²) in [5.74, 6) is 0.943. The lowest BCUT2D eigenvalue weighted by Crippen LogP contribution is -2.35. The van der Waals surface area contributed by atoms with E-state index in [0.29, 0.717) is 11.6 Å². The van der Waals surface area contributed by atoms with Gasteiger partial charge in [0.25, 0.3) is 0 Å². The zero-order valence-corrected chi connectivity index (χ0v) is 22.2. The van der Waals surface area contributed by atoms with Gasteiger partial charge in [-0.25, -0.2) is 4.98 Å². The number of rotatable bonds is 8. The maximum absolute atomic E-state index is 11.1. The van der Waals surface area contributed by atoms with Crippen molar-refractivity contribution in [1.29, 1.82) is 0 Å². The number of aryl methyl sites for hydroxylation is 1. The summed E-state index contributed by atoms with van der Waals surface area (Å²) in [5.41, 5.74) is 5.47. The molecule has 2 aliphatic rings. The predicted octanol–water partition coefficient (Wildman–Crippen LogP) is 5.60. The Hall–Kier alpha value is -2.45. The van der Waals surface area contributed by atoms with Gasteiger partial charge in [0, 0.05) is 54.6 Å². The zero-order valence-electron chi connectivity index (χ0n) is 20.6. The highest BCUT2D eigenvalue weighted by atomic mass is 35.5. The lowest BCUT2D eigenvalue weighted by Gasteiger charge is -2.29. The molecule has 8 heteroatoms. The Morgan fingerprint density at radius 2 is 1.94 bits per heavy atom. The number of thiazole rings is 1. The van der Waals surface area contributed by atoms with E-state index in [-0.39, 0.29) is 5.92 Å². The van der Waals surface area contributed by atoms with Gasteiger partial charge in [-0.05, 0) is 54.7 Å². The van der Waals surface area contributed by atoms with Crippen LogP contribution in [0.15, 0.2) is 41.8 Å². The Bertz CT molecular complexity index is 1190. The molecule has 3 heterocycles. The number of benzene rings is 2. The molecule has 0 N–H and O–H groups in total. The standard InChI is InChI=1S/C28H32ClN3O3S/c1-20-14-22(16-31-10-12-34-13-11-31)2-3-23(20)18-35-27-5-4-24(29)15-25(27)26-19-36-28(30-26)32-8-6-21(17-33)7-9-32/h2-5,14-15,17,19,21H,6-13,16,18H2,1H3. The fraction of sp³-hybridized carbons (Fsp3) is 0.429. The molecule has 6 nitrogen and oxygen atoms in total. The third-order valence-electron chi connectivity index (χ3n) is 7.01. The summed E-state index contributed by atoms with van der Waals surface area (Å²) in [6.45, 7) is 8.88. The molecule has 1 aromatic heterocycles. The minimum atomic E-state index is 0.172. The zero-order chi connectivity index (χ0) is 24.9. The molecule has 0 atom stereocenters. The number of piperidine rings is 1. The van der Waals surface area contributed by atoms with Crippen molar-refractivity contribution < 1.29 is 14.3 Å². The fourth-order valence-electron chi connectivity index (χ4n) is 4.78. The van der Waals surface area contributed by atoms with E-state index in [0.717, 1.165) is 87.2 Å². The highest BCUT2D eigenvalue weighted by Crippen LogP contribution is 2.36. The van der Waals surface area contributed by atoms with E-state index < -0.39 is 0 Å².